The number of nitrogens with zero attached hydrogens (tertiary/aromatic N) is 3. The van der Waals surface area contributed by atoms with Crippen LogP contribution in [0.15, 0.2) is 36.5 Å². The van der Waals surface area contributed by atoms with Crippen molar-refractivity contribution in [3.8, 4) is 0 Å². The van der Waals surface area contributed by atoms with Crippen LogP contribution >= 0.6 is 0 Å². The van der Waals surface area contributed by atoms with E-state index in [2.05, 4.69) is 73.2 Å². The lowest BCUT2D eigenvalue weighted by Crippen LogP contribution is -2.63. The number of aliphatic hydroxyl groups is 1. The lowest BCUT2D eigenvalue weighted by Gasteiger charge is -2.55. The van der Waals surface area contributed by atoms with Crippen LogP contribution in [-0.2, 0) is 10.3 Å². The molecule has 3 heterocycles. The van der Waals surface area contributed by atoms with E-state index < -0.39 is 5.60 Å². The van der Waals surface area contributed by atoms with Crippen LogP contribution in [0.5, 0.6) is 0 Å². The Labute approximate surface area is 174 Å². The molecule has 1 unspecified atom stereocenters. The van der Waals surface area contributed by atoms with E-state index in [1.165, 1.54) is 5.56 Å². The zero-order chi connectivity index (χ0) is 20.6. The molecule has 2 aliphatic rings. The van der Waals surface area contributed by atoms with Crippen molar-refractivity contribution in [2.24, 2.45) is 5.41 Å². The molecule has 1 aromatic heterocycles. The van der Waals surface area contributed by atoms with Crippen LogP contribution in [0.1, 0.15) is 67.8 Å². The molecule has 0 bridgehead atoms. The first-order valence-corrected chi connectivity index (χ1v) is 10.8. The van der Waals surface area contributed by atoms with Crippen LogP contribution in [0.4, 0.5) is 0 Å². The topological polar surface area (TPSA) is 58.5 Å². The first-order chi connectivity index (χ1) is 13.8. The highest BCUT2D eigenvalue weighted by Gasteiger charge is 2.55. The Bertz CT molecular complexity index is 839. The predicted octanol–water partition coefficient (Wildman–Crippen LogP) is 3.68. The molecule has 156 valence electrons. The number of hydrogen-bond donors (Lipinski definition) is 1. The molecular weight excluding hydrogens is 362 g/mol. The maximum atomic E-state index is 12.3. The van der Waals surface area contributed by atoms with E-state index in [0.717, 1.165) is 56.0 Å². The van der Waals surface area contributed by atoms with E-state index in [4.69, 9.17) is 4.74 Å². The Kier molecular flexibility index (Phi) is 5.49. The lowest BCUT2D eigenvalue weighted by molar-refractivity contribution is -0.127. The molecule has 0 saturated carbocycles. The Morgan fingerprint density at radius 2 is 1.79 bits per heavy atom. The zero-order valence-electron chi connectivity index (χ0n) is 18.1. The Morgan fingerprint density at radius 1 is 1.14 bits per heavy atom. The number of aromatic nitrogens is 2. The fraction of sp³-hybridized carbons (Fsp3) is 0.583. The first-order valence-electron chi connectivity index (χ1n) is 10.8. The predicted molar refractivity (Wildman–Crippen MR) is 114 cm³/mol. The van der Waals surface area contributed by atoms with Crippen molar-refractivity contribution >= 4 is 0 Å². The third kappa shape index (κ3) is 3.60. The summed E-state index contributed by atoms with van der Waals surface area (Å²) in [7, 11) is 2.10. The maximum absolute atomic E-state index is 12.3. The van der Waals surface area contributed by atoms with Crippen molar-refractivity contribution in [2.45, 2.75) is 51.0 Å². The van der Waals surface area contributed by atoms with Crippen molar-refractivity contribution in [1.82, 2.24) is 15.1 Å². The Morgan fingerprint density at radius 3 is 2.38 bits per heavy atom. The average molecular weight is 396 g/mol. The second-order valence-corrected chi connectivity index (χ2v) is 9.48. The summed E-state index contributed by atoms with van der Waals surface area (Å²) in [6.45, 7) is 9.76. The summed E-state index contributed by atoms with van der Waals surface area (Å²) in [5.74, 6) is 0.811. The summed E-state index contributed by atoms with van der Waals surface area (Å²) >= 11 is 0. The lowest BCUT2D eigenvalue weighted by atomic mass is 9.62. The third-order valence-corrected chi connectivity index (χ3v) is 6.84. The highest BCUT2D eigenvalue weighted by Crippen LogP contribution is 2.50. The quantitative estimate of drug-likeness (QED) is 0.837. The molecule has 5 heteroatoms. The van der Waals surface area contributed by atoms with Gasteiger partial charge in [-0.05, 0) is 43.0 Å². The van der Waals surface area contributed by atoms with Gasteiger partial charge in [0.15, 0.2) is 0 Å². The standard InChI is InChI=1S/C24H33N3O2/c1-17(2)18-5-7-20(8-6-18)24(28,23(3)15-27(4)16-23)21-13-22(26-25-14-21)19-9-11-29-12-10-19/h5-8,13-14,17,19,28H,9-12,15-16H2,1-4H3. The smallest absolute Gasteiger partial charge is 0.124 e. The molecule has 1 aromatic carbocycles. The van der Waals surface area contributed by atoms with Gasteiger partial charge in [-0.25, -0.2) is 0 Å². The monoisotopic (exact) mass is 395 g/mol. The largest absolute Gasteiger partial charge is 0.381 e. The van der Waals surface area contributed by atoms with E-state index in [-0.39, 0.29) is 5.41 Å². The van der Waals surface area contributed by atoms with Crippen molar-refractivity contribution in [3.05, 3.63) is 58.9 Å². The summed E-state index contributed by atoms with van der Waals surface area (Å²) in [4.78, 5) is 2.25. The van der Waals surface area contributed by atoms with Gasteiger partial charge in [-0.15, -0.1) is 0 Å². The molecule has 0 amide bonds. The van der Waals surface area contributed by atoms with Gasteiger partial charge in [-0.1, -0.05) is 45.0 Å². The van der Waals surface area contributed by atoms with Crippen LogP contribution in [-0.4, -0.2) is 53.6 Å². The van der Waals surface area contributed by atoms with Crippen molar-refractivity contribution in [3.63, 3.8) is 0 Å². The van der Waals surface area contributed by atoms with Gasteiger partial charge in [-0.3, -0.25) is 0 Å². The fourth-order valence-electron chi connectivity index (χ4n) is 5.12. The number of likely N-dealkylation sites (tertiary alicyclic amines) is 1. The maximum Gasteiger partial charge on any atom is 0.124 e. The minimum absolute atomic E-state index is 0.281. The molecule has 2 fully saturated rings. The van der Waals surface area contributed by atoms with Crippen molar-refractivity contribution in [1.29, 1.82) is 0 Å². The van der Waals surface area contributed by atoms with Gasteiger partial charge in [0.1, 0.15) is 5.60 Å². The Hall–Kier alpha value is -1.82. The molecule has 1 atom stereocenters. The van der Waals surface area contributed by atoms with E-state index in [0.29, 0.717) is 11.8 Å². The molecule has 0 radical (unpaired) electrons. The van der Waals surface area contributed by atoms with Gasteiger partial charge in [-0.2, -0.15) is 10.2 Å². The summed E-state index contributed by atoms with van der Waals surface area (Å²) < 4.78 is 5.51. The second-order valence-electron chi connectivity index (χ2n) is 9.48. The molecule has 0 aliphatic carbocycles. The highest BCUT2D eigenvalue weighted by atomic mass is 16.5. The molecular formula is C24H33N3O2. The molecule has 2 saturated heterocycles. The van der Waals surface area contributed by atoms with Gasteiger partial charge in [0, 0.05) is 43.2 Å². The zero-order valence-corrected chi connectivity index (χ0v) is 18.1. The minimum atomic E-state index is -1.11. The minimum Gasteiger partial charge on any atom is -0.381 e. The fourth-order valence-corrected chi connectivity index (χ4v) is 5.12. The van der Waals surface area contributed by atoms with Crippen LogP contribution in [0.3, 0.4) is 0 Å². The molecule has 0 spiro atoms. The van der Waals surface area contributed by atoms with Gasteiger partial charge in [0.05, 0.1) is 11.9 Å². The number of rotatable bonds is 5. The van der Waals surface area contributed by atoms with Crippen molar-refractivity contribution in [2.75, 3.05) is 33.4 Å². The summed E-state index contributed by atoms with van der Waals surface area (Å²) in [6.07, 6.45) is 3.67. The van der Waals surface area contributed by atoms with E-state index in [1.807, 2.05) is 0 Å². The van der Waals surface area contributed by atoms with E-state index in [1.54, 1.807) is 6.20 Å². The normalized spacial score (nSPS) is 22.3. The van der Waals surface area contributed by atoms with E-state index >= 15 is 0 Å². The average Bonchev–Trinajstić information content (AvgIpc) is 2.73. The molecule has 1 N–H and O–H groups in total. The van der Waals surface area contributed by atoms with E-state index in [9.17, 15) is 5.11 Å². The second kappa shape index (κ2) is 7.78. The summed E-state index contributed by atoms with van der Waals surface area (Å²) in [5.41, 5.74) is 2.65. The summed E-state index contributed by atoms with van der Waals surface area (Å²) in [5, 5.41) is 21.0. The summed E-state index contributed by atoms with van der Waals surface area (Å²) in [6, 6.07) is 10.6. The number of benzene rings is 1. The molecule has 5 nitrogen and oxygen atoms in total. The Balaban J connectivity index is 1.77. The third-order valence-electron chi connectivity index (χ3n) is 6.84. The van der Waals surface area contributed by atoms with Gasteiger partial charge >= 0.3 is 0 Å². The number of hydrogen-bond acceptors (Lipinski definition) is 5. The highest BCUT2D eigenvalue weighted by molar-refractivity contribution is 5.41. The van der Waals surface area contributed by atoms with Crippen molar-refractivity contribution < 1.29 is 9.84 Å². The molecule has 2 aliphatic heterocycles. The number of ether oxygens (including phenoxy) is 1. The van der Waals surface area contributed by atoms with Gasteiger partial charge in [0.25, 0.3) is 0 Å². The molecule has 4 rings (SSSR count). The SMILES string of the molecule is CC(C)c1ccc(C(O)(c2cnnc(C3CCOCC3)c2)C2(C)CN(C)C2)cc1. The first kappa shape index (κ1) is 20.5. The van der Waals surface area contributed by atoms with Crippen LogP contribution in [0, 0.1) is 5.41 Å². The van der Waals surface area contributed by atoms with Gasteiger partial charge in [0.2, 0.25) is 0 Å². The molecule has 29 heavy (non-hydrogen) atoms. The van der Waals surface area contributed by atoms with Crippen LogP contribution in [0.25, 0.3) is 0 Å². The van der Waals surface area contributed by atoms with Crippen LogP contribution in [0.2, 0.25) is 0 Å². The van der Waals surface area contributed by atoms with Crippen LogP contribution < -0.4 is 0 Å². The molecule has 2 aromatic rings. The van der Waals surface area contributed by atoms with Gasteiger partial charge < -0.3 is 14.7 Å².